The first-order valence-electron chi connectivity index (χ1n) is 9.36. The average molecular weight is 462 g/mol. The van der Waals surface area contributed by atoms with Gasteiger partial charge in [-0.3, -0.25) is 4.79 Å². The Bertz CT molecular complexity index is 1120. The fourth-order valence-corrected chi connectivity index (χ4v) is 5.67. The van der Waals surface area contributed by atoms with Crippen molar-refractivity contribution in [3.8, 4) is 5.75 Å². The first-order valence-corrected chi connectivity index (χ1v) is 11.2. The summed E-state index contributed by atoms with van der Waals surface area (Å²) in [7, 11) is -2.58. The monoisotopic (exact) mass is 461 g/mol. The number of methoxy groups -OCH3 is 1. The van der Waals surface area contributed by atoms with Crippen molar-refractivity contribution in [2.75, 3.05) is 20.3 Å². The molecule has 0 aromatic heterocycles. The van der Waals surface area contributed by atoms with Gasteiger partial charge in [0.25, 0.3) is 15.9 Å². The van der Waals surface area contributed by atoms with Gasteiger partial charge in [0.05, 0.1) is 18.6 Å². The van der Waals surface area contributed by atoms with E-state index in [0.29, 0.717) is 11.3 Å². The molecule has 2 heterocycles. The van der Waals surface area contributed by atoms with Crippen LogP contribution < -0.4 is 10.1 Å². The van der Waals surface area contributed by atoms with Crippen LogP contribution in [0, 0.1) is 0 Å². The summed E-state index contributed by atoms with van der Waals surface area (Å²) in [4.78, 5) is 26.1. The van der Waals surface area contributed by atoms with Gasteiger partial charge in [-0.2, -0.15) is 0 Å². The average Bonchev–Trinajstić information content (AvgIpc) is 3.37. The van der Waals surface area contributed by atoms with Crippen LogP contribution in [0.5, 0.6) is 5.75 Å². The van der Waals surface area contributed by atoms with Crippen molar-refractivity contribution in [3.05, 3.63) is 60.2 Å². The van der Waals surface area contributed by atoms with Gasteiger partial charge in [0.2, 0.25) is 0 Å². The number of thiocarbonyl (C=S) groups is 1. The summed E-state index contributed by atoms with van der Waals surface area (Å²) < 4.78 is 38.0. The predicted molar refractivity (Wildman–Crippen MR) is 114 cm³/mol. The fourth-order valence-electron chi connectivity index (χ4n) is 3.59. The number of amides is 2. The maximum absolute atomic E-state index is 13.5. The van der Waals surface area contributed by atoms with Gasteiger partial charge in [0.15, 0.2) is 5.11 Å². The maximum atomic E-state index is 13.5. The number of imide groups is 1. The van der Waals surface area contributed by atoms with Crippen LogP contribution in [0.3, 0.4) is 0 Å². The molecule has 2 saturated heterocycles. The third-order valence-corrected chi connectivity index (χ3v) is 7.32. The first-order chi connectivity index (χ1) is 14.8. The third-order valence-electron chi connectivity index (χ3n) is 5.10. The second-order valence-corrected chi connectivity index (χ2v) is 9.06. The number of hydrogen-bond acceptors (Lipinski definition) is 7. The summed E-state index contributed by atoms with van der Waals surface area (Å²) in [6, 6.07) is 12.3. The van der Waals surface area contributed by atoms with Crippen molar-refractivity contribution in [2.45, 2.75) is 17.0 Å². The van der Waals surface area contributed by atoms with E-state index in [0.717, 1.165) is 9.21 Å². The molecule has 11 heteroatoms. The van der Waals surface area contributed by atoms with Crippen molar-refractivity contribution in [3.63, 3.8) is 0 Å². The lowest BCUT2D eigenvalue weighted by Crippen LogP contribution is -2.47. The van der Waals surface area contributed by atoms with E-state index in [1.807, 2.05) is 0 Å². The van der Waals surface area contributed by atoms with Gasteiger partial charge < -0.3 is 14.8 Å². The molecule has 2 atom stereocenters. The van der Waals surface area contributed by atoms with Crippen molar-refractivity contribution in [1.29, 1.82) is 0 Å². The number of nitrogens with one attached hydrogen (secondary N) is 1. The molecule has 2 aliphatic rings. The van der Waals surface area contributed by atoms with E-state index in [2.05, 4.69) is 5.32 Å². The predicted octanol–water partition coefficient (Wildman–Crippen LogP) is 1.66. The SMILES string of the molecule is COc1ccc([C@H]2[C@H](C(=O)N3CCOC3=O)NC(=S)N2S(=O)(=O)c2ccccc2)cc1. The lowest BCUT2D eigenvalue weighted by atomic mass is 9.99. The minimum absolute atomic E-state index is 0.0337. The molecule has 2 fully saturated rings. The number of benzene rings is 2. The summed E-state index contributed by atoms with van der Waals surface area (Å²) in [5.41, 5.74) is 0.513. The number of rotatable bonds is 5. The Hall–Kier alpha value is -3.18. The number of nitrogens with zero attached hydrogens (tertiary/aromatic N) is 2. The highest BCUT2D eigenvalue weighted by Gasteiger charge is 2.50. The van der Waals surface area contributed by atoms with Gasteiger partial charge >= 0.3 is 6.09 Å². The molecule has 0 spiro atoms. The number of ether oxygens (including phenoxy) is 2. The third kappa shape index (κ3) is 3.70. The van der Waals surface area contributed by atoms with Gasteiger partial charge in [0.1, 0.15) is 24.4 Å². The number of cyclic esters (lactones) is 1. The summed E-state index contributed by atoms with van der Waals surface area (Å²) in [5.74, 6) is -0.0443. The smallest absolute Gasteiger partial charge is 0.416 e. The number of carbonyl (C=O) groups is 2. The Morgan fingerprint density at radius 2 is 1.84 bits per heavy atom. The summed E-state index contributed by atoms with van der Waals surface area (Å²) in [6.45, 7) is 0.171. The van der Waals surface area contributed by atoms with Crippen LogP contribution in [-0.4, -0.2) is 61.0 Å². The van der Waals surface area contributed by atoms with Crippen LogP contribution in [0.2, 0.25) is 0 Å². The Morgan fingerprint density at radius 1 is 1.16 bits per heavy atom. The van der Waals surface area contributed by atoms with Crippen molar-refractivity contribution in [2.24, 2.45) is 0 Å². The highest BCUT2D eigenvalue weighted by atomic mass is 32.2. The largest absolute Gasteiger partial charge is 0.497 e. The molecule has 0 bridgehead atoms. The van der Waals surface area contributed by atoms with Gasteiger partial charge in [-0.1, -0.05) is 30.3 Å². The Balaban J connectivity index is 1.80. The standard InChI is InChI=1S/C20H19N3O6S2/c1-28-14-9-7-13(8-10-14)17-16(18(24)22-11-12-29-20(22)25)21-19(30)23(17)31(26,27)15-5-3-2-4-6-15/h2-10,16-17H,11-12H2,1H3,(H,21,30)/t16-,17+/m1/s1. The van der Waals surface area contributed by atoms with E-state index in [9.17, 15) is 18.0 Å². The molecule has 0 unspecified atom stereocenters. The lowest BCUT2D eigenvalue weighted by Gasteiger charge is -2.28. The zero-order valence-electron chi connectivity index (χ0n) is 16.4. The van der Waals surface area contributed by atoms with Gasteiger partial charge in [0, 0.05) is 0 Å². The molecule has 0 saturated carbocycles. The molecule has 2 aromatic carbocycles. The zero-order chi connectivity index (χ0) is 22.2. The van der Waals surface area contributed by atoms with Gasteiger partial charge in [-0.05, 0) is 42.0 Å². The molecular weight excluding hydrogens is 442 g/mol. The molecule has 2 aliphatic heterocycles. The van der Waals surface area contributed by atoms with Crippen LogP contribution >= 0.6 is 12.2 Å². The first kappa shape index (κ1) is 21.1. The van der Waals surface area contributed by atoms with E-state index in [4.69, 9.17) is 21.7 Å². The van der Waals surface area contributed by atoms with Crippen LogP contribution in [0.15, 0.2) is 59.5 Å². The molecule has 4 rings (SSSR count). The van der Waals surface area contributed by atoms with E-state index in [1.54, 1.807) is 42.5 Å². The van der Waals surface area contributed by atoms with Gasteiger partial charge in [-0.25, -0.2) is 22.4 Å². The normalized spacial score (nSPS) is 21.1. The number of hydrogen-bond donors (Lipinski definition) is 1. The molecule has 0 aliphatic carbocycles. The minimum Gasteiger partial charge on any atom is -0.497 e. The highest BCUT2D eigenvalue weighted by molar-refractivity contribution is 7.91. The van der Waals surface area contributed by atoms with Crippen LogP contribution in [-0.2, 0) is 19.6 Å². The minimum atomic E-state index is -4.09. The van der Waals surface area contributed by atoms with Crippen molar-refractivity contribution >= 4 is 39.4 Å². The molecule has 2 amide bonds. The Labute approximate surface area is 184 Å². The van der Waals surface area contributed by atoms with Crippen LogP contribution in [0.1, 0.15) is 11.6 Å². The summed E-state index contributed by atoms with van der Waals surface area (Å²) in [5, 5.41) is 2.67. The molecule has 0 radical (unpaired) electrons. The lowest BCUT2D eigenvalue weighted by molar-refractivity contribution is -0.130. The van der Waals surface area contributed by atoms with E-state index in [-0.39, 0.29) is 23.2 Å². The number of carbonyl (C=O) groups excluding carboxylic acids is 2. The molecule has 1 N–H and O–H groups in total. The summed E-state index contributed by atoms with van der Waals surface area (Å²) >= 11 is 5.34. The summed E-state index contributed by atoms with van der Waals surface area (Å²) in [6.07, 6.45) is -0.768. The topological polar surface area (TPSA) is 105 Å². The van der Waals surface area contributed by atoms with Crippen molar-refractivity contribution < 1.29 is 27.5 Å². The molecular formula is C20H19N3O6S2. The highest BCUT2D eigenvalue weighted by Crippen LogP contribution is 2.36. The fraction of sp³-hybridized carbons (Fsp3) is 0.250. The second-order valence-electron chi connectivity index (χ2n) is 6.86. The maximum Gasteiger partial charge on any atom is 0.416 e. The van der Waals surface area contributed by atoms with E-state index >= 15 is 0 Å². The molecule has 162 valence electrons. The molecule has 31 heavy (non-hydrogen) atoms. The van der Waals surface area contributed by atoms with Crippen molar-refractivity contribution in [1.82, 2.24) is 14.5 Å². The van der Waals surface area contributed by atoms with Crippen LogP contribution in [0.4, 0.5) is 4.79 Å². The molecule has 9 nitrogen and oxygen atoms in total. The Kier molecular flexibility index (Phi) is 5.54. The molecule has 2 aromatic rings. The Morgan fingerprint density at radius 3 is 2.42 bits per heavy atom. The van der Waals surface area contributed by atoms with E-state index in [1.165, 1.54) is 19.2 Å². The quantitative estimate of drug-likeness (QED) is 0.671. The number of sulfonamides is 1. The van der Waals surface area contributed by atoms with Crippen LogP contribution in [0.25, 0.3) is 0 Å². The second kappa shape index (κ2) is 8.16. The van der Waals surface area contributed by atoms with Gasteiger partial charge in [-0.15, -0.1) is 0 Å². The zero-order valence-corrected chi connectivity index (χ0v) is 18.1. The van der Waals surface area contributed by atoms with E-state index < -0.39 is 34.1 Å².